The second-order valence-corrected chi connectivity index (χ2v) is 4.34. The summed E-state index contributed by atoms with van der Waals surface area (Å²) in [4.78, 5) is 33.4. The summed E-state index contributed by atoms with van der Waals surface area (Å²) in [5.74, 6) is -1.55. The van der Waals surface area contributed by atoms with Crippen LogP contribution in [0.4, 0.5) is 11.4 Å². The number of benzene rings is 2. The average Bonchev–Trinajstić information content (AvgIpc) is 2.48. The molecule has 2 rings (SSSR count). The topological polar surface area (TPSA) is 95.8 Å². The Morgan fingerprint density at radius 1 is 1.10 bits per heavy atom. The molecule has 21 heavy (non-hydrogen) atoms. The number of aromatic carboxylic acids is 1. The molecule has 6 heteroatoms. The first-order chi connectivity index (χ1) is 10.1. The molecule has 0 spiro atoms. The lowest BCUT2D eigenvalue weighted by Gasteiger charge is -2.07. The van der Waals surface area contributed by atoms with Gasteiger partial charge in [-0.2, -0.15) is 0 Å². The molecular formula is C15H12N2O4. The second-order valence-electron chi connectivity index (χ2n) is 4.34. The average molecular weight is 284 g/mol. The van der Waals surface area contributed by atoms with Gasteiger partial charge in [0.05, 0.1) is 12.0 Å². The van der Waals surface area contributed by atoms with Gasteiger partial charge in [0.15, 0.2) is 0 Å². The summed E-state index contributed by atoms with van der Waals surface area (Å²) in [5, 5.41) is 14.2. The van der Waals surface area contributed by atoms with Crippen LogP contribution in [0.1, 0.15) is 15.9 Å². The van der Waals surface area contributed by atoms with E-state index in [1.807, 2.05) is 30.3 Å². The lowest BCUT2D eigenvalue weighted by atomic mass is 10.1. The highest BCUT2D eigenvalue weighted by molar-refractivity contribution is 5.97. The highest BCUT2D eigenvalue weighted by Crippen LogP contribution is 2.23. The Labute approximate surface area is 120 Å². The smallest absolute Gasteiger partial charge is 0.338 e. The van der Waals surface area contributed by atoms with Gasteiger partial charge < -0.3 is 10.4 Å². The van der Waals surface area contributed by atoms with Gasteiger partial charge in [-0.3, -0.25) is 4.79 Å². The van der Waals surface area contributed by atoms with E-state index in [-0.39, 0.29) is 23.6 Å². The normalized spacial score (nSPS) is 9.90. The summed E-state index contributed by atoms with van der Waals surface area (Å²) in [6.45, 7) is 0. The molecule has 0 aliphatic heterocycles. The van der Waals surface area contributed by atoms with Crippen LogP contribution in [0.15, 0.2) is 53.7 Å². The molecule has 0 radical (unpaired) electrons. The molecule has 2 aromatic carbocycles. The number of carbonyl (C=O) groups is 2. The maximum atomic E-state index is 11.9. The molecule has 0 unspecified atom stereocenters. The van der Waals surface area contributed by atoms with Crippen molar-refractivity contribution in [2.24, 2.45) is 5.18 Å². The number of nitrogens with zero attached hydrogens (tertiary/aromatic N) is 1. The van der Waals surface area contributed by atoms with Crippen LogP contribution in [0.2, 0.25) is 0 Å². The SMILES string of the molecule is O=Nc1ccc(NC(=O)Cc2ccccc2)cc1C(=O)O. The van der Waals surface area contributed by atoms with E-state index in [4.69, 9.17) is 5.11 Å². The van der Waals surface area contributed by atoms with Crippen molar-refractivity contribution in [2.45, 2.75) is 6.42 Å². The fourth-order valence-corrected chi connectivity index (χ4v) is 1.85. The van der Waals surface area contributed by atoms with Crippen LogP contribution in [0.3, 0.4) is 0 Å². The first-order valence-corrected chi connectivity index (χ1v) is 6.14. The maximum Gasteiger partial charge on any atom is 0.338 e. The van der Waals surface area contributed by atoms with E-state index in [2.05, 4.69) is 10.5 Å². The van der Waals surface area contributed by atoms with Gasteiger partial charge in [-0.1, -0.05) is 30.3 Å². The molecule has 0 heterocycles. The Balaban J connectivity index is 2.12. The molecule has 0 aromatic heterocycles. The van der Waals surface area contributed by atoms with E-state index in [0.29, 0.717) is 5.69 Å². The van der Waals surface area contributed by atoms with Crippen LogP contribution in [0.25, 0.3) is 0 Å². The summed E-state index contributed by atoms with van der Waals surface area (Å²) >= 11 is 0. The van der Waals surface area contributed by atoms with Crippen LogP contribution in [-0.2, 0) is 11.2 Å². The fraction of sp³-hybridized carbons (Fsp3) is 0.0667. The fourth-order valence-electron chi connectivity index (χ4n) is 1.85. The molecular weight excluding hydrogens is 272 g/mol. The Kier molecular flexibility index (Phi) is 4.40. The van der Waals surface area contributed by atoms with Crippen molar-refractivity contribution in [1.82, 2.24) is 0 Å². The van der Waals surface area contributed by atoms with Gasteiger partial charge in [-0.15, -0.1) is 4.91 Å². The molecule has 0 bridgehead atoms. The lowest BCUT2D eigenvalue weighted by Crippen LogP contribution is -2.14. The number of amides is 1. The molecule has 0 atom stereocenters. The summed E-state index contributed by atoms with van der Waals surface area (Å²) in [5.41, 5.74) is 0.728. The van der Waals surface area contributed by atoms with Gasteiger partial charge in [0.1, 0.15) is 5.69 Å². The summed E-state index contributed by atoms with van der Waals surface area (Å²) in [6.07, 6.45) is 0.178. The molecule has 2 N–H and O–H groups in total. The Morgan fingerprint density at radius 2 is 1.81 bits per heavy atom. The van der Waals surface area contributed by atoms with Crippen molar-refractivity contribution >= 4 is 23.3 Å². The number of anilines is 1. The highest BCUT2D eigenvalue weighted by atomic mass is 16.4. The van der Waals surface area contributed by atoms with Crippen molar-refractivity contribution in [3.63, 3.8) is 0 Å². The number of hydrogen-bond donors (Lipinski definition) is 2. The van der Waals surface area contributed by atoms with Crippen molar-refractivity contribution in [3.05, 3.63) is 64.6 Å². The molecule has 1 amide bonds. The van der Waals surface area contributed by atoms with Gasteiger partial charge in [-0.25, -0.2) is 4.79 Å². The highest BCUT2D eigenvalue weighted by Gasteiger charge is 2.13. The molecule has 0 aliphatic carbocycles. The molecule has 0 fully saturated rings. The zero-order valence-corrected chi connectivity index (χ0v) is 10.9. The molecule has 6 nitrogen and oxygen atoms in total. The lowest BCUT2D eigenvalue weighted by molar-refractivity contribution is -0.115. The predicted octanol–water partition coefficient (Wildman–Crippen LogP) is 2.96. The van der Waals surface area contributed by atoms with Gasteiger partial charge in [-0.05, 0) is 28.9 Å². The summed E-state index contributed by atoms with van der Waals surface area (Å²) in [6, 6.07) is 13.1. The van der Waals surface area contributed by atoms with Crippen molar-refractivity contribution < 1.29 is 14.7 Å². The Morgan fingerprint density at radius 3 is 2.43 bits per heavy atom. The standard InChI is InChI=1S/C15H12N2O4/c18-14(8-10-4-2-1-3-5-10)16-11-6-7-13(17-21)12(9-11)15(19)20/h1-7,9H,8H2,(H,16,18)(H,19,20). The third-order valence-corrected chi connectivity index (χ3v) is 2.82. The zero-order chi connectivity index (χ0) is 15.2. The number of nitroso groups, excluding NO2 is 1. The monoisotopic (exact) mass is 284 g/mol. The number of carboxylic acid groups (broad SMARTS) is 1. The number of rotatable bonds is 5. The summed E-state index contributed by atoms with van der Waals surface area (Å²) in [7, 11) is 0. The van der Waals surface area contributed by atoms with E-state index in [0.717, 1.165) is 5.56 Å². The molecule has 0 saturated heterocycles. The van der Waals surface area contributed by atoms with Gasteiger partial charge in [0.25, 0.3) is 0 Å². The first kappa shape index (κ1) is 14.4. The van der Waals surface area contributed by atoms with Crippen LogP contribution in [0, 0.1) is 4.91 Å². The van der Waals surface area contributed by atoms with Gasteiger partial charge in [0, 0.05) is 5.69 Å². The number of carboxylic acids is 1. The van der Waals surface area contributed by atoms with E-state index in [1.54, 1.807) is 0 Å². The van der Waals surface area contributed by atoms with E-state index in [1.165, 1.54) is 18.2 Å². The van der Waals surface area contributed by atoms with E-state index >= 15 is 0 Å². The van der Waals surface area contributed by atoms with Crippen LogP contribution < -0.4 is 5.32 Å². The predicted molar refractivity (Wildman–Crippen MR) is 77.6 cm³/mol. The third kappa shape index (κ3) is 3.73. The van der Waals surface area contributed by atoms with Crippen LogP contribution >= 0.6 is 0 Å². The quantitative estimate of drug-likeness (QED) is 0.825. The minimum absolute atomic E-state index is 0.177. The van der Waals surface area contributed by atoms with Gasteiger partial charge in [0.2, 0.25) is 5.91 Å². The molecule has 106 valence electrons. The zero-order valence-electron chi connectivity index (χ0n) is 10.9. The minimum Gasteiger partial charge on any atom is -0.478 e. The number of nitrogens with one attached hydrogen (secondary N) is 1. The first-order valence-electron chi connectivity index (χ1n) is 6.14. The van der Waals surface area contributed by atoms with Crippen LogP contribution in [-0.4, -0.2) is 17.0 Å². The summed E-state index contributed by atoms with van der Waals surface area (Å²) < 4.78 is 0. The van der Waals surface area contributed by atoms with E-state index < -0.39 is 5.97 Å². The number of hydrogen-bond acceptors (Lipinski definition) is 4. The molecule has 2 aromatic rings. The van der Waals surface area contributed by atoms with Gasteiger partial charge >= 0.3 is 5.97 Å². The molecule has 0 aliphatic rings. The van der Waals surface area contributed by atoms with E-state index in [9.17, 15) is 14.5 Å². The van der Waals surface area contributed by atoms with Crippen molar-refractivity contribution in [3.8, 4) is 0 Å². The maximum absolute atomic E-state index is 11.9. The Hall–Kier alpha value is -3.02. The largest absolute Gasteiger partial charge is 0.478 e. The number of carbonyl (C=O) groups excluding carboxylic acids is 1. The second kappa shape index (κ2) is 6.42. The van der Waals surface area contributed by atoms with Crippen molar-refractivity contribution in [2.75, 3.05) is 5.32 Å². The minimum atomic E-state index is -1.27. The van der Waals surface area contributed by atoms with Crippen molar-refractivity contribution in [1.29, 1.82) is 0 Å². The Bertz CT molecular complexity index is 683. The molecule has 0 saturated carbocycles. The van der Waals surface area contributed by atoms with Crippen LogP contribution in [0.5, 0.6) is 0 Å². The third-order valence-electron chi connectivity index (χ3n) is 2.82.